The van der Waals surface area contributed by atoms with Gasteiger partial charge in [0.05, 0.1) is 36.8 Å². The number of ether oxygens (including phenoxy) is 6. The van der Waals surface area contributed by atoms with E-state index in [0.717, 1.165) is 11.1 Å². The minimum atomic E-state index is -1.89. The number of pyridine rings is 1. The molecule has 0 aliphatic carbocycles. The second-order valence-electron chi connectivity index (χ2n) is 23.6. The molecule has 0 unspecified atom stereocenters. The lowest BCUT2D eigenvalue weighted by Gasteiger charge is -2.42. The van der Waals surface area contributed by atoms with Crippen molar-refractivity contribution < 1.29 is 71.9 Å². The Bertz CT molecular complexity index is 3110. The van der Waals surface area contributed by atoms with Gasteiger partial charge < -0.3 is 65.4 Å². The van der Waals surface area contributed by atoms with E-state index in [0.29, 0.717) is 58.7 Å². The molecule has 2 aromatic carbocycles. The number of halogens is 3. The Labute approximate surface area is 534 Å². The number of aromatic nitrogens is 1. The highest BCUT2D eigenvalue weighted by molar-refractivity contribution is 9.09. The third-order valence-electron chi connectivity index (χ3n) is 15.8. The van der Waals surface area contributed by atoms with E-state index in [-0.39, 0.29) is 72.5 Å². The van der Waals surface area contributed by atoms with Gasteiger partial charge in [0.15, 0.2) is 5.72 Å². The predicted molar refractivity (Wildman–Crippen MR) is 338 cm³/mol. The topological polar surface area (TPSA) is 330 Å². The summed E-state index contributed by atoms with van der Waals surface area (Å²) in [6.07, 6.45) is 1.34. The number of alkyl halides is 2. The highest BCUT2D eigenvalue weighted by Crippen LogP contribution is 2.49. The van der Waals surface area contributed by atoms with Crippen LogP contribution in [0.2, 0.25) is 5.02 Å². The van der Waals surface area contributed by atoms with Gasteiger partial charge in [0, 0.05) is 61.2 Å². The van der Waals surface area contributed by atoms with Crippen LogP contribution in [0.4, 0.5) is 31.6 Å². The van der Waals surface area contributed by atoms with Gasteiger partial charge in [-0.25, -0.2) is 19.4 Å². The molecule has 4 bridgehead atoms. The van der Waals surface area contributed by atoms with Gasteiger partial charge >= 0.3 is 24.2 Å². The number of epoxide rings is 1. The number of rotatable bonds is 23. The molecule has 3 aromatic rings. The van der Waals surface area contributed by atoms with Gasteiger partial charge in [-0.15, -0.1) is 0 Å². The highest BCUT2D eigenvalue weighted by Gasteiger charge is 2.64. The van der Waals surface area contributed by atoms with Crippen LogP contribution in [0.1, 0.15) is 105 Å². The molecule has 27 heteroatoms. The van der Waals surface area contributed by atoms with Crippen LogP contribution < -0.4 is 47.3 Å². The van der Waals surface area contributed by atoms with Gasteiger partial charge in [0.25, 0.3) is 0 Å². The number of nitrogens with one attached hydrogen (secondary N) is 6. The highest BCUT2D eigenvalue weighted by atomic mass is 79.9. The average Bonchev–Trinajstić information content (AvgIpc) is 1.70. The van der Waals surface area contributed by atoms with Gasteiger partial charge in [0.2, 0.25) is 23.6 Å². The first kappa shape index (κ1) is 70.5. The molecule has 88 heavy (non-hydrogen) atoms. The van der Waals surface area contributed by atoms with E-state index >= 15 is 0 Å². The first-order chi connectivity index (χ1) is 41.5. The van der Waals surface area contributed by atoms with Gasteiger partial charge in [0.1, 0.15) is 58.2 Å². The molecule has 9 atom stereocenters. The number of primary amides is 1. The fourth-order valence-corrected chi connectivity index (χ4v) is 12.5. The number of alkyl carbamates (subject to hydrolysis) is 1. The molecule has 0 saturated carbocycles. The summed E-state index contributed by atoms with van der Waals surface area (Å²) >= 11 is 13.5. The minimum Gasteiger partial charge on any atom is -0.495 e. The first-order valence-electron chi connectivity index (χ1n) is 29.1. The molecular weight excluding hydrogens is 1290 g/mol. The van der Waals surface area contributed by atoms with E-state index < -0.39 is 102 Å². The van der Waals surface area contributed by atoms with Crippen LogP contribution >= 0.6 is 43.5 Å². The number of fused-ring (bicyclic) bond motifs is 6. The summed E-state index contributed by atoms with van der Waals surface area (Å²) in [5.74, 6) is -3.29. The number of hydrogen-bond acceptors (Lipinski definition) is 16. The number of unbranched alkanes of at least 4 members (excludes halogenated alkanes) is 1. The standard InChI is InChI=1S/C61H82Br2ClN9O15/c1-33(2)51(71-48(74)18-11-12-23-59(5,6)88-55(78)38(31-62)32-63)54(77)69-41(16-14-24-66-56(65)79)53(76)70-47-22-19-37-28-39(20-21-40(37)68-47)67-57(80)86-46-29-49(75)73(8)42-26-36(27-43(83-9)50(42)64)25-34(3)15-13-17-45(84-10)61(82)30-44(85-58(81)72-61)35(4)52-60(46,7)87-52/h13,15,17,19-22,26-28,33,35,38,41,44-46,51-52,82H,11-12,14,16,18,23-25,29-32H2,1-10H3,(H,67,80)(H,69,77)(H,71,74)(H,72,81)(H3,65,66,79)(H,68,70,76)/b17-13+,34-15+/t35-,41+,44+,45-,46+,51+,52+,60+,61+/m1/s1. The Balaban J connectivity index is 1.16. The van der Waals surface area contributed by atoms with Crippen molar-refractivity contribution in [3.63, 3.8) is 0 Å². The van der Waals surface area contributed by atoms with Gasteiger partial charge in [-0.2, -0.15) is 0 Å². The molecule has 2 fully saturated rings. The molecule has 1 aromatic heterocycles. The van der Waals surface area contributed by atoms with Crippen molar-refractivity contribution in [2.24, 2.45) is 23.5 Å². The number of methoxy groups -OCH3 is 2. The van der Waals surface area contributed by atoms with E-state index in [1.807, 2.05) is 26.8 Å². The molecule has 8 amide bonds. The molecular formula is C61H82Br2ClN9O15. The summed E-state index contributed by atoms with van der Waals surface area (Å²) < 4.78 is 35.2. The number of carbonyl (C=O) groups excluding carboxylic acids is 8. The number of hydrogen-bond donors (Lipinski definition) is 8. The molecule has 0 spiro atoms. The van der Waals surface area contributed by atoms with Gasteiger partial charge in [-0.1, -0.05) is 88.0 Å². The van der Waals surface area contributed by atoms with Gasteiger partial charge in [-0.05, 0) is 120 Å². The van der Waals surface area contributed by atoms with Crippen molar-refractivity contribution in [3.05, 3.63) is 76.9 Å². The lowest BCUT2D eigenvalue weighted by atomic mass is 9.83. The zero-order valence-corrected chi connectivity index (χ0v) is 55.2. The Morgan fingerprint density at radius 3 is 2.40 bits per heavy atom. The molecule has 6 rings (SSSR count). The molecule has 4 heterocycles. The lowest BCUT2D eigenvalue weighted by Crippen LogP contribution is -2.63. The van der Waals surface area contributed by atoms with Gasteiger partial charge in [-0.3, -0.25) is 34.6 Å². The summed E-state index contributed by atoms with van der Waals surface area (Å²) in [6.45, 7) is 12.6. The largest absolute Gasteiger partial charge is 0.495 e. The zero-order chi connectivity index (χ0) is 64.8. The number of benzene rings is 2. The number of nitrogens with zero attached hydrogens (tertiary/aromatic N) is 2. The SMILES string of the molecule is COc1cc2cc(c1Cl)N(C)C(=O)C[C@H](OC(=O)Nc1ccc3nc(NC(=O)[C@H](CCCNC(N)=O)NC(=O)[C@@H](NC(=O)CCCCC(C)(C)OC(=O)C(CBr)CBr)C(C)C)ccc3c1)[C@]1(C)O[C@H]1[C@H](C)[C@@H]1C[C@@](O)(NC(=O)O1)[C@H](OC)/C=C/C=C(\C)C2. The zero-order valence-electron chi connectivity index (χ0n) is 51.2. The van der Waals surface area contributed by atoms with E-state index in [2.05, 4.69) is 68.7 Å². The van der Waals surface area contributed by atoms with E-state index in [1.54, 1.807) is 83.3 Å². The van der Waals surface area contributed by atoms with Crippen LogP contribution in [0.15, 0.2) is 66.3 Å². The van der Waals surface area contributed by atoms with Crippen molar-refractivity contribution in [2.75, 3.05) is 54.0 Å². The normalized spacial score (nSPS) is 23.8. The maximum Gasteiger partial charge on any atom is 0.412 e. The number of esters is 1. The Morgan fingerprint density at radius 2 is 1.73 bits per heavy atom. The Morgan fingerprint density at radius 1 is 1.00 bits per heavy atom. The summed E-state index contributed by atoms with van der Waals surface area (Å²) in [7, 11) is 4.43. The number of aliphatic hydroxyl groups is 1. The molecule has 482 valence electrons. The number of urea groups is 1. The fourth-order valence-electron chi connectivity index (χ4n) is 10.6. The summed E-state index contributed by atoms with van der Waals surface area (Å²) in [6, 6.07) is 8.58. The summed E-state index contributed by atoms with van der Waals surface area (Å²) in [5, 5.41) is 29.6. The molecule has 2 saturated heterocycles. The van der Waals surface area contributed by atoms with E-state index in [1.165, 1.54) is 25.2 Å². The van der Waals surface area contributed by atoms with E-state index in [4.69, 9.17) is 45.8 Å². The monoisotopic (exact) mass is 1370 g/mol. The Kier molecular flexibility index (Phi) is 25.0. The number of allylic oxidation sites excluding steroid dienone is 3. The number of amides is 8. The molecule has 9 N–H and O–H groups in total. The number of carbonyl (C=O) groups is 8. The van der Waals surface area contributed by atoms with Crippen LogP contribution in [-0.4, -0.2) is 150 Å². The minimum absolute atomic E-state index is 0.0683. The van der Waals surface area contributed by atoms with Crippen LogP contribution in [0.25, 0.3) is 10.9 Å². The summed E-state index contributed by atoms with van der Waals surface area (Å²) in [5.41, 5.74) is 3.99. The Hall–Kier alpha value is -6.58. The average molecular weight is 1380 g/mol. The third kappa shape index (κ3) is 19.0. The lowest BCUT2D eigenvalue weighted by molar-refractivity contribution is -0.160. The van der Waals surface area contributed by atoms with E-state index in [9.17, 15) is 43.5 Å². The van der Waals surface area contributed by atoms with Crippen molar-refractivity contribution >= 4 is 119 Å². The second-order valence-corrected chi connectivity index (χ2v) is 25.3. The van der Waals surface area contributed by atoms with Crippen molar-refractivity contribution in [1.82, 2.24) is 26.3 Å². The quantitative estimate of drug-likeness (QED) is 0.0146. The van der Waals surface area contributed by atoms with Crippen molar-refractivity contribution in [3.8, 4) is 5.75 Å². The maximum absolute atomic E-state index is 14.5. The number of anilines is 3. The predicted octanol–water partition coefficient (Wildman–Crippen LogP) is 8.22. The maximum atomic E-state index is 14.5. The summed E-state index contributed by atoms with van der Waals surface area (Å²) in [4.78, 5) is 113. The third-order valence-corrected chi connectivity index (χ3v) is 17.7. The van der Waals surface area contributed by atoms with Crippen LogP contribution in [0.3, 0.4) is 0 Å². The van der Waals surface area contributed by atoms with Crippen LogP contribution in [-0.2, 0) is 54.1 Å². The van der Waals surface area contributed by atoms with Crippen molar-refractivity contribution in [2.45, 2.75) is 160 Å². The van der Waals surface area contributed by atoms with Crippen molar-refractivity contribution in [1.29, 1.82) is 0 Å². The molecule has 0 radical (unpaired) electrons. The van der Waals surface area contributed by atoms with Crippen LogP contribution in [0.5, 0.6) is 5.75 Å². The molecule has 24 nitrogen and oxygen atoms in total. The first-order valence-corrected chi connectivity index (χ1v) is 31.7. The smallest absolute Gasteiger partial charge is 0.412 e. The molecule has 3 aliphatic rings. The van der Waals surface area contributed by atoms with Crippen LogP contribution in [0, 0.1) is 17.8 Å². The second kappa shape index (κ2) is 31.2. The fraction of sp³-hybridized carbons (Fsp3) is 0.557. The molecule has 3 aliphatic heterocycles. The number of nitrogens with two attached hydrogens (primary N) is 1.